The molecular weight excluding hydrogens is 256 g/mol. The van der Waals surface area contributed by atoms with E-state index >= 15 is 0 Å². The third kappa shape index (κ3) is 2.63. The predicted octanol–water partition coefficient (Wildman–Crippen LogP) is 3.23. The van der Waals surface area contributed by atoms with Gasteiger partial charge in [0.15, 0.2) is 0 Å². The molecule has 4 heteroatoms. The van der Waals surface area contributed by atoms with Crippen LogP contribution >= 0.6 is 11.3 Å². The lowest BCUT2D eigenvalue weighted by Gasteiger charge is -2.04. The van der Waals surface area contributed by atoms with Gasteiger partial charge in [0.2, 0.25) is 0 Å². The molecule has 19 heavy (non-hydrogen) atoms. The van der Waals surface area contributed by atoms with E-state index in [2.05, 4.69) is 10.3 Å². The minimum atomic E-state index is -0.0510. The highest BCUT2D eigenvalue weighted by atomic mass is 32.1. The van der Waals surface area contributed by atoms with E-state index in [-0.39, 0.29) is 5.91 Å². The molecule has 0 radical (unpaired) electrons. The molecule has 0 atom stereocenters. The average molecular weight is 268 g/mol. The van der Waals surface area contributed by atoms with Gasteiger partial charge in [0, 0.05) is 5.39 Å². The van der Waals surface area contributed by atoms with E-state index in [0.717, 1.165) is 21.5 Å². The van der Waals surface area contributed by atoms with Crippen LogP contribution in [0.2, 0.25) is 0 Å². The number of nitrogens with zero attached hydrogens (tertiary/aromatic N) is 1. The number of fused-ring (bicyclic) bond motifs is 1. The molecule has 0 saturated heterocycles. The number of carbonyl (C=O) groups is 1. The number of aromatic nitrogens is 1. The van der Waals surface area contributed by atoms with Crippen molar-refractivity contribution in [1.29, 1.82) is 0 Å². The fourth-order valence-corrected chi connectivity index (χ4v) is 2.51. The van der Waals surface area contributed by atoms with Crippen molar-refractivity contribution in [3.63, 3.8) is 0 Å². The van der Waals surface area contributed by atoms with Gasteiger partial charge in [-0.15, -0.1) is 11.3 Å². The van der Waals surface area contributed by atoms with Crippen LogP contribution in [-0.4, -0.2) is 10.9 Å². The molecule has 2 aromatic heterocycles. The van der Waals surface area contributed by atoms with E-state index in [9.17, 15) is 4.79 Å². The molecule has 94 valence electrons. The second kappa shape index (κ2) is 5.20. The van der Waals surface area contributed by atoms with Gasteiger partial charge in [-0.1, -0.05) is 30.3 Å². The van der Waals surface area contributed by atoms with Crippen molar-refractivity contribution in [3.8, 4) is 0 Å². The summed E-state index contributed by atoms with van der Waals surface area (Å²) in [5.41, 5.74) is 1.81. The Balaban J connectivity index is 1.73. The monoisotopic (exact) mass is 268 g/mol. The van der Waals surface area contributed by atoms with Crippen molar-refractivity contribution < 1.29 is 4.79 Å². The summed E-state index contributed by atoms with van der Waals surface area (Å²) in [5.74, 6) is -0.0510. The molecule has 0 aliphatic rings. The summed E-state index contributed by atoms with van der Waals surface area (Å²) in [5, 5.41) is 5.87. The Morgan fingerprint density at radius 1 is 1.11 bits per heavy atom. The number of rotatable bonds is 3. The number of benzene rings is 1. The quantitative estimate of drug-likeness (QED) is 0.792. The number of amides is 1. The van der Waals surface area contributed by atoms with Crippen LogP contribution in [0.3, 0.4) is 0 Å². The van der Waals surface area contributed by atoms with Crippen molar-refractivity contribution in [3.05, 3.63) is 64.5 Å². The Kier molecular flexibility index (Phi) is 3.25. The molecular formula is C15H12N2OS. The Morgan fingerprint density at radius 3 is 2.84 bits per heavy atom. The van der Waals surface area contributed by atoms with Crippen LogP contribution in [0.25, 0.3) is 10.9 Å². The molecule has 0 bridgehead atoms. The van der Waals surface area contributed by atoms with Crippen molar-refractivity contribution in [2.24, 2.45) is 0 Å². The van der Waals surface area contributed by atoms with Gasteiger partial charge in [0.05, 0.1) is 22.6 Å². The van der Waals surface area contributed by atoms with E-state index in [4.69, 9.17) is 0 Å². The van der Waals surface area contributed by atoms with Gasteiger partial charge in [0.1, 0.15) is 0 Å². The topological polar surface area (TPSA) is 42.0 Å². The third-order valence-corrected chi connectivity index (χ3v) is 3.70. The Bertz CT molecular complexity index is 707. The van der Waals surface area contributed by atoms with E-state index in [1.54, 1.807) is 0 Å². The minimum absolute atomic E-state index is 0.0510. The largest absolute Gasteiger partial charge is 0.346 e. The number of thiophene rings is 1. The third-order valence-electron chi connectivity index (χ3n) is 2.83. The number of hydrogen-bond acceptors (Lipinski definition) is 3. The summed E-state index contributed by atoms with van der Waals surface area (Å²) in [6.07, 6.45) is 0. The first kappa shape index (κ1) is 11.9. The molecule has 2 heterocycles. The van der Waals surface area contributed by atoms with Crippen LogP contribution in [0.15, 0.2) is 53.9 Å². The second-order valence-electron chi connectivity index (χ2n) is 4.16. The number of para-hydroxylation sites is 1. The van der Waals surface area contributed by atoms with Crippen LogP contribution in [0.5, 0.6) is 0 Å². The number of hydrogen-bond donors (Lipinski definition) is 1. The molecule has 0 unspecified atom stereocenters. The van der Waals surface area contributed by atoms with Gasteiger partial charge < -0.3 is 5.32 Å². The number of carbonyl (C=O) groups excluding carboxylic acids is 1. The molecule has 0 aliphatic carbocycles. The SMILES string of the molecule is O=C(NCc1ccc2ccccc2n1)c1cccs1. The normalized spacial score (nSPS) is 10.5. The molecule has 0 saturated carbocycles. The maximum atomic E-state index is 11.8. The molecule has 1 N–H and O–H groups in total. The van der Waals surface area contributed by atoms with Crippen molar-refractivity contribution in [2.75, 3.05) is 0 Å². The van der Waals surface area contributed by atoms with Crippen LogP contribution in [0.4, 0.5) is 0 Å². The zero-order valence-corrected chi connectivity index (χ0v) is 11.0. The summed E-state index contributed by atoms with van der Waals surface area (Å²) < 4.78 is 0. The standard InChI is InChI=1S/C15H12N2OS/c18-15(14-6-3-9-19-14)16-10-12-8-7-11-4-1-2-5-13(11)17-12/h1-9H,10H2,(H,16,18). The summed E-state index contributed by atoms with van der Waals surface area (Å²) in [6, 6.07) is 15.6. The van der Waals surface area contributed by atoms with E-state index in [1.165, 1.54) is 11.3 Å². The van der Waals surface area contributed by atoms with Gasteiger partial charge in [-0.3, -0.25) is 9.78 Å². The van der Waals surface area contributed by atoms with Crippen LogP contribution < -0.4 is 5.32 Å². The molecule has 0 spiro atoms. The Labute approximate surface area is 114 Å². The smallest absolute Gasteiger partial charge is 0.261 e. The minimum Gasteiger partial charge on any atom is -0.346 e. The summed E-state index contributed by atoms with van der Waals surface area (Å²) in [7, 11) is 0. The van der Waals surface area contributed by atoms with Crippen LogP contribution in [0, 0.1) is 0 Å². The van der Waals surface area contributed by atoms with Gasteiger partial charge in [-0.25, -0.2) is 0 Å². The van der Waals surface area contributed by atoms with E-state index < -0.39 is 0 Å². The van der Waals surface area contributed by atoms with Crippen molar-refractivity contribution >= 4 is 28.1 Å². The van der Waals surface area contributed by atoms with Gasteiger partial charge in [0.25, 0.3) is 5.91 Å². The lowest BCUT2D eigenvalue weighted by Crippen LogP contribution is -2.22. The van der Waals surface area contributed by atoms with E-state index in [1.807, 2.05) is 53.9 Å². The first-order valence-corrected chi connectivity index (χ1v) is 6.87. The second-order valence-corrected chi connectivity index (χ2v) is 5.10. The Morgan fingerprint density at radius 2 is 2.00 bits per heavy atom. The summed E-state index contributed by atoms with van der Waals surface area (Å²) in [6.45, 7) is 0.446. The first-order chi connectivity index (χ1) is 9.33. The highest BCUT2D eigenvalue weighted by Crippen LogP contribution is 2.12. The maximum Gasteiger partial charge on any atom is 0.261 e. The van der Waals surface area contributed by atoms with Gasteiger partial charge in [-0.05, 0) is 23.6 Å². The Hall–Kier alpha value is -2.20. The fourth-order valence-electron chi connectivity index (χ4n) is 1.87. The molecule has 3 rings (SSSR count). The summed E-state index contributed by atoms with van der Waals surface area (Å²) in [4.78, 5) is 17.1. The highest BCUT2D eigenvalue weighted by Gasteiger charge is 2.06. The fraction of sp³-hybridized carbons (Fsp3) is 0.0667. The molecule has 0 aliphatic heterocycles. The number of pyridine rings is 1. The zero-order valence-electron chi connectivity index (χ0n) is 10.2. The predicted molar refractivity (Wildman–Crippen MR) is 77.2 cm³/mol. The van der Waals surface area contributed by atoms with Crippen LogP contribution in [0.1, 0.15) is 15.4 Å². The number of nitrogens with one attached hydrogen (secondary N) is 1. The molecule has 0 fully saturated rings. The van der Waals surface area contributed by atoms with Crippen LogP contribution in [-0.2, 0) is 6.54 Å². The van der Waals surface area contributed by atoms with Gasteiger partial charge >= 0.3 is 0 Å². The van der Waals surface area contributed by atoms with E-state index in [0.29, 0.717) is 6.54 Å². The molecule has 1 aromatic carbocycles. The van der Waals surface area contributed by atoms with Gasteiger partial charge in [-0.2, -0.15) is 0 Å². The maximum absolute atomic E-state index is 11.8. The molecule has 3 nitrogen and oxygen atoms in total. The van der Waals surface area contributed by atoms with Crippen molar-refractivity contribution in [1.82, 2.24) is 10.3 Å². The lowest BCUT2D eigenvalue weighted by atomic mass is 10.2. The zero-order chi connectivity index (χ0) is 13.1. The molecule has 1 amide bonds. The lowest BCUT2D eigenvalue weighted by molar-refractivity contribution is 0.0954. The van der Waals surface area contributed by atoms with Crippen molar-refractivity contribution in [2.45, 2.75) is 6.54 Å². The first-order valence-electron chi connectivity index (χ1n) is 5.99. The summed E-state index contributed by atoms with van der Waals surface area (Å²) >= 11 is 1.44. The molecule has 3 aromatic rings. The average Bonchev–Trinajstić information content (AvgIpc) is 2.99. The highest BCUT2D eigenvalue weighted by molar-refractivity contribution is 7.12.